The van der Waals surface area contributed by atoms with Crippen LogP contribution in [0.4, 0.5) is 0 Å². The van der Waals surface area contributed by atoms with Crippen molar-refractivity contribution in [3.63, 3.8) is 0 Å². The van der Waals surface area contributed by atoms with E-state index in [-0.39, 0.29) is 0 Å². The van der Waals surface area contributed by atoms with Gasteiger partial charge < -0.3 is 10.0 Å². The maximum atomic E-state index is 11.7. The van der Waals surface area contributed by atoms with Gasteiger partial charge in [-0.15, -0.1) is 0 Å². The van der Waals surface area contributed by atoms with Crippen molar-refractivity contribution < 1.29 is 9.90 Å². The van der Waals surface area contributed by atoms with Crippen LogP contribution in [0.5, 0.6) is 0 Å². The second-order valence-corrected chi connectivity index (χ2v) is 5.94. The van der Waals surface area contributed by atoms with Gasteiger partial charge in [-0.1, -0.05) is 45.4 Å². The second kappa shape index (κ2) is 7.78. The minimum atomic E-state index is -0.577. The molecule has 18 heavy (non-hydrogen) atoms. The molecule has 0 spiro atoms. The van der Waals surface area contributed by atoms with Crippen molar-refractivity contribution in [3.8, 4) is 0 Å². The summed E-state index contributed by atoms with van der Waals surface area (Å²) in [5.41, 5.74) is -0.475. The van der Waals surface area contributed by atoms with Crippen molar-refractivity contribution in [2.24, 2.45) is 5.41 Å². The van der Waals surface area contributed by atoms with E-state index in [1.165, 1.54) is 32.1 Å². The summed E-state index contributed by atoms with van der Waals surface area (Å²) in [7, 11) is 2.07. The van der Waals surface area contributed by atoms with Crippen LogP contribution in [0, 0.1) is 5.41 Å². The van der Waals surface area contributed by atoms with E-state index in [9.17, 15) is 9.90 Å². The lowest BCUT2D eigenvalue weighted by Gasteiger charge is -2.32. The molecule has 1 N–H and O–H groups in total. The smallest absolute Gasteiger partial charge is 0.310 e. The first-order chi connectivity index (χ1) is 8.60. The SMILES string of the molecule is CCCCCN(C)CC1(C(=O)O)CCCCCC1. The van der Waals surface area contributed by atoms with Crippen LogP contribution in [0.3, 0.4) is 0 Å². The largest absolute Gasteiger partial charge is 0.481 e. The topological polar surface area (TPSA) is 40.5 Å². The minimum Gasteiger partial charge on any atom is -0.481 e. The Bertz CT molecular complexity index is 245. The molecule has 0 saturated heterocycles. The van der Waals surface area contributed by atoms with Crippen LogP contribution < -0.4 is 0 Å². The van der Waals surface area contributed by atoms with Crippen molar-refractivity contribution in [2.45, 2.75) is 64.7 Å². The molecule has 0 heterocycles. The maximum absolute atomic E-state index is 11.7. The summed E-state index contributed by atoms with van der Waals surface area (Å²) < 4.78 is 0. The summed E-state index contributed by atoms with van der Waals surface area (Å²) in [6, 6.07) is 0. The maximum Gasteiger partial charge on any atom is 0.310 e. The van der Waals surface area contributed by atoms with E-state index < -0.39 is 11.4 Å². The molecule has 0 aromatic carbocycles. The molecule has 106 valence electrons. The highest BCUT2D eigenvalue weighted by atomic mass is 16.4. The Labute approximate surface area is 112 Å². The summed E-state index contributed by atoms with van der Waals surface area (Å²) in [6.45, 7) is 3.96. The van der Waals surface area contributed by atoms with Crippen LogP contribution in [0.25, 0.3) is 0 Å². The second-order valence-electron chi connectivity index (χ2n) is 5.94. The van der Waals surface area contributed by atoms with Gasteiger partial charge in [0.1, 0.15) is 0 Å². The number of carbonyl (C=O) groups is 1. The molecular weight excluding hydrogens is 226 g/mol. The average molecular weight is 255 g/mol. The number of aliphatic carboxylic acids is 1. The third-order valence-electron chi connectivity index (χ3n) is 4.23. The lowest BCUT2D eigenvalue weighted by molar-refractivity contribution is -0.151. The van der Waals surface area contributed by atoms with Crippen LogP contribution in [0.1, 0.15) is 64.7 Å². The van der Waals surface area contributed by atoms with Gasteiger partial charge in [-0.3, -0.25) is 4.79 Å². The molecule has 1 rings (SSSR count). The van der Waals surface area contributed by atoms with Crippen molar-refractivity contribution in [1.29, 1.82) is 0 Å². The number of hydrogen-bond donors (Lipinski definition) is 1. The first-order valence-corrected chi connectivity index (χ1v) is 7.53. The first-order valence-electron chi connectivity index (χ1n) is 7.53. The van der Waals surface area contributed by atoms with Gasteiger partial charge in [-0.25, -0.2) is 0 Å². The number of nitrogens with zero attached hydrogens (tertiary/aromatic N) is 1. The van der Waals surface area contributed by atoms with Gasteiger partial charge in [0.25, 0.3) is 0 Å². The Morgan fingerprint density at radius 2 is 1.78 bits per heavy atom. The number of carboxylic acid groups (broad SMARTS) is 1. The molecule has 0 aromatic heterocycles. The Balaban J connectivity index is 2.52. The zero-order valence-corrected chi connectivity index (χ0v) is 12.1. The van der Waals surface area contributed by atoms with Crippen molar-refractivity contribution >= 4 is 5.97 Å². The molecule has 0 amide bonds. The van der Waals surface area contributed by atoms with E-state index in [0.717, 1.165) is 38.8 Å². The third-order valence-corrected chi connectivity index (χ3v) is 4.23. The number of rotatable bonds is 7. The zero-order chi connectivity index (χ0) is 13.4. The molecule has 3 nitrogen and oxygen atoms in total. The van der Waals surface area contributed by atoms with E-state index >= 15 is 0 Å². The monoisotopic (exact) mass is 255 g/mol. The molecule has 1 aliphatic carbocycles. The van der Waals surface area contributed by atoms with Gasteiger partial charge in [0.15, 0.2) is 0 Å². The van der Waals surface area contributed by atoms with Gasteiger partial charge >= 0.3 is 5.97 Å². The van der Waals surface area contributed by atoms with E-state index in [0.29, 0.717) is 0 Å². The molecular formula is C15H29NO2. The number of unbranched alkanes of at least 4 members (excludes halogenated alkanes) is 2. The summed E-state index contributed by atoms with van der Waals surface area (Å²) >= 11 is 0. The molecule has 1 fully saturated rings. The fourth-order valence-electron chi connectivity index (χ4n) is 3.07. The summed E-state index contributed by atoms with van der Waals surface area (Å²) in [6.07, 6.45) is 9.93. The van der Waals surface area contributed by atoms with Crippen LogP contribution in [-0.4, -0.2) is 36.1 Å². The van der Waals surface area contributed by atoms with E-state index in [2.05, 4.69) is 18.9 Å². The van der Waals surface area contributed by atoms with Crippen molar-refractivity contribution in [3.05, 3.63) is 0 Å². The quantitative estimate of drug-likeness (QED) is 0.559. The first kappa shape index (κ1) is 15.5. The fraction of sp³-hybridized carbons (Fsp3) is 0.933. The minimum absolute atomic E-state index is 0.475. The molecule has 1 aliphatic rings. The standard InChI is InChI=1S/C15H29NO2/c1-3-4-9-12-16(2)13-15(14(17)18)10-7-5-6-8-11-15/h3-13H2,1-2H3,(H,17,18). The van der Waals surface area contributed by atoms with Crippen LogP contribution in [0.15, 0.2) is 0 Å². The summed E-state index contributed by atoms with van der Waals surface area (Å²) in [5.74, 6) is -0.577. The Kier molecular flexibility index (Phi) is 6.69. The van der Waals surface area contributed by atoms with Gasteiger partial charge in [-0.05, 0) is 32.9 Å². The molecule has 0 aliphatic heterocycles. The average Bonchev–Trinajstić information content (AvgIpc) is 2.56. The molecule has 0 atom stereocenters. The number of hydrogen-bond acceptors (Lipinski definition) is 2. The Morgan fingerprint density at radius 3 is 2.28 bits per heavy atom. The van der Waals surface area contributed by atoms with E-state index in [1.54, 1.807) is 0 Å². The highest BCUT2D eigenvalue weighted by molar-refractivity contribution is 5.75. The van der Waals surface area contributed by atoms with Crippen LogP contribution in [0.2, 0.25) is 0 Å². The summed E-state index contributed by atoms with van der Waals surface area (Å²) in [5, 5.41) is 9.61. The van der Waals surface area contributed by atoms with Crippen LogP contribution >= 0.6 is 0 Å². The van der Waals surface area contributed by atoms with E-state index in [1.807, 2.05) is 0 Å². The molecule has 0 radical (unpaired) electrons. The highest BCUT2D eigenvalue weighted by Crippen LogP contribution is 2.36. The Hall–Kier alpha value is -0.570. The van der Waals surface area contributed by atoms with Crippen molar-refractivity contribution in [1.82, 2.24) is 4.90 Å². The Morgan fingerprint density at radius 1 is 1.17 bits per heavy atom. The highest BCUT2D eigenvalue weighted by Gasteiger charge is 2.39. The zero-order valence-electron chi connectivity index (χ0n) is 12.1. The molecule has 0 unspecified atom stereocenters. The van der Waals surface area contributed by atoms with Gasteiger partial charge in [-0.2, -0.15) is 0 Å². The summed E-state index contributed by atoms with van der Waals surface area (Å²) in [4.78, 5) is 13.9. The normalized spacial score (nSPS) is 19.7. The molecule has 1 saturated carbocycles. The molecule has 0 aromatic rings. The van der Waals surface area contributed by atoms with Crippen LogP contribution in [-0.2, 0) is 4.79 Å². The van der Waals surface area contributed by atoms with Gasteiger partial charge in [0.2, 0.25) is 0 Å². The molecule has 0 bridgehead atoms. The lowest BCUT2D eigenvalue weighted by Crippen LogP contribution is -2.42. The van der Waals surface area contributed by atoms with Gasteiger partial charge in [0, 0.05) is 6.54 Å². The predicted molar refractivity (Wildman–Crippen MR) is 74.8 cm³/mol. The third kappa shape index (κ3) is 4.60. The molecule has 3 heteroatoms. The van der Waals surface area contributed by atoms with Gasteiger partial charge in [0.05, 0.1) is 5.41 Å². The predicted octanol–water partition coefficient (Wildman–Crippen LogP) is 3.53. The fourth-order valence-corrected chi connectivity index (χ4v) is 3.07. The number of carboxylic acids is 1. The lowest BCUT2D eigenvalue weighted by atomic mass is 9.80. The van der Waals surface area contributed by atoms with Crippen molar-refractivity contribution in [2.75, 3.05) is 20.1 Å². The van der Waals surface area contributed by atoms with E-state index in [4.69, 9.17) is 0 Å².